The maximum absolute atomic E-state index is 11.2. The first-order chi connectivity index (χ1) is 9.17. The molecule has 20 heavy (non-hydrogen) atoms. The van der Waals surface area contributed by atoms with E-state index in [1.165, 1.54) is 12.1 Å². The van der Waals surface area contributed by atoms with E-state index in [2.05, 4.69) is 0 Å². The minimum Gasteiger partial charge on any atom is -0.350 e. The van der Waals surface area contributed by atoms with E-state index in [-0.39, 0.29) is 10.8 Å². The molecule has 0 aliphatic carbocycles. The third kappa shape index (κ3) is 3.79. The van der Waals surface area contributed by atoms with Gasteiger partial charge in [0.15, 0.2) is 5.79 Å². The van der Waals surface area contributed by atoms with E-state index >= 15 is 0 Å². The van der Waals surface area contributed by atoms with Crippen LogP contribution in [-0.4, -0.2) is 32.0 Å². The summed E-state index contributed by atoms with van der Waals surface area (Å²) in [6.07, 6.45) is 0.658. The van der Waals surface area contributed by atoms with Gasteiger partial charge in [0.05, 0.1) is 18.1 Å². The number of benzene rings is 1. The monoisotopic (exact) mass is 300 g/mol. The van der Waals surface area contributed by atoms with Crippen molar-refractivity contribution in [3.63, 3.8) is 0 Å². The maximum atomic E-state index is 11.2. The second-order valence-electron chi connectivity index (χ2n) is 5.66. The van der Waals surface area contributed by atoms with Crippen LogP contribution in [0.2, 0.25) is 0 Å². The van der Waals surface area contributed by atoms with Crippen molar-refractivity contribution in [2.45, 2.75) is 37.9 Å². The summed E-state index contributed by atoms with van der Waals surface area (Å²) in [5.74, 6) is -0.375. The summed E-state index contributed by atoms with van der Waals surface area (Å²) in [5.41, 5.74) is 1.87. The van der Waals surface area contributed by atoms with E-state index in [1.54, 1.807) is 6.07 Å². The molecule has 5 nitrogen and oxygen atoms in total. The lowest BCUT2D eigenvalue weighted by atomic mass is 9.96. The third-order valence-electron chi connectivity index (χ3n) is 3.46. The number of hydrogen-bond donors (Lipinski definition) is 1. The zero-order valence-electron chi connectivity index (χ0n) is 11.9. The summed E-state index contributed by atoms with van der Waals surface area (Å²) in [4.78, 5) is -0.0731. The topological polar surface area (TPSA) is 72.8 Å². The highest BCUT2D eigenvalue weighted by Crippen LogP contribution is 2.25. The molecule has 1 N–H and O–H groups in total. The lowest BCUT2D eigenvalue weighted by Gasteiger charge is -2.35. The molecule has 1 aliphatic rings. The van der Waals surface area contributed by atoms with Crippen LogP contribution >= 0.6 is 0 Å². The van der Waals surface area contributed by atoms with Gasteiger partial charge >= 0.3 is 0 Å². The number of rotatable bonds is 3. The van der Waals surface area contributed by atoms with Crippen LogP contribution < -0.4 is 0 Å². The van der Waals surface area contributed by atoms with Gasteiger partial charge in [0.25, 0.3) is 10.1 Å². The zero-order valence-corrected chi connectivity index (χ0v) is 12.7. The minimum absolute atomic E-state index is 0.0731. The molecule has 1 aliphatic heterocycles. The van der Waals surface area contributed by atoms with Crippen molar-refractivity contribution in [3.8, 4) is 0 Å². The highest BCUT2D eigenvalue weighted by molar-refractivity contribution is 7.85. The van der Waals surface area contributed by atoms with Crippen LogP contribution in [0.15, 0.2) is 23.1 Å². The minimum atomic E-state index is -4.16. The van der Waals surface area contributed by atoms with Gasteiger partial charge in [0, 0.05) is 5.92 Å². The van der Waals surface area contributed by atoms with E-state index in [1.807, 2.05) is 20.8 Å². The number of aryl methyl sites for hydroxylation is 1. The predicted octanol–water partition coefficient (Wildman–Crippen LogP) is 2.18. The Balaban J connectivity index is 2.14. The molecule has 1 saturated heterocycles. The van der Waals surface area contributed by atoms with Gasteiger partial charge in [-0.1, -0.05) is 6.07 Å². The Morgan fingerprint density at radius 3 is 2.45 bits per heavy atom. The van der Waals surface area contributed by atoms with Crippen molar-refractivity contribution in [1.29, 1.82) is 0 Å². The Hall–Kier alpha value is -0.950. The molecule has 0 radical (unpaired) electrons. The van der Waals surface area contributed by atoms with Crippen LogP contribution in [0.1, 0.15) is 25.0 Å². The molecule has 6 heteroatoms. The van der Waals surface area contributed by atoms with Crippen molar-refractivity contribution in [1.82, 2.24) is 0 Å². The molecular formula is C14H20O5S. The van der Waals surface area contributed by atoms with Crippen LogP contribution in [0.4, 0.5) is 0 Å². The molecule has 1 heterocycles. The number of ether oxygens (including phenoxy) is 2. The van der Waals surface area contributed by atoms with E-state index in [0.717, 1.165) is 11.1 Å². The quantitative estimate of drug-likeness (QED) is 0.866. The Kier molecular flexibility index (Phi) is 4.20. The van der Waals surface area contributed by atoms with Crippen LogP contribution in [0.5, 0.6) is 0 Å². The van der Waals surface area contributed by atoms with E-state index in [0.29, 0.717) is 19.6 Å². The third-order valence-corrected chi connectivity index (χ3v) is 4.31. The number of hydrogen-bond acceptors (Lipinski definition) is 4. The second kappa shape index (κ2) is 5.44. The Labute approximate surface area is 119 Å². The zero-order chi connectivity index (χ0) is 15.0. The summed E-state index contributed by atoms with van der Waals surface area (Å²) < 4.78 is 42.7. The molecule has 0 saturated carbocycles. The van der Waals surface area contributed by atoms with E-state index < -0.39 is 15.9 Å². The fourth-order valence-electron chi connectivity index (χ4n) is 2.18. The normalized spacial score (nSPS) is 20.0. The fourth-order valence-corrected chi connectivity index (χ4v) is 2.72. The standard InChI is InChI=1S/C14H20O5S/c1-10-4-5-13(20(15,16)17)7-12(10)6-11-8-18-14(2,3)19-9-11/h4-5,7,11H,6,8-9H2,1-3H3,(H,15,16,17). The van der Waals surface area contributed by atoms with Gasteiger partial charge < -0.3 is 9.47 Å². The summed E-state index contributed by atoms with van der Waals surface area (Å²) in [6, 6.07) is 4.63. The summed E-state index contributed by atoms with van der Waals surface area (Å²) in [7, 11) is -4.16. The average molecular weight is 300 g/mol. The summed E-state index contributed by atoms with van der Waals surface area (Å²) in [5, 5.41) is 0. The lowest BCUT2D eigenvalue weighted by molar-refractivity contribution is -0.261. The molecule has 0 amide bonds. The highest BCUT2D eigenvalue weighted by atomic mass is 32.2. The second-order valence-corrected chi connectivity index (χ2v) is 7.08. The molecule has 0 atom stereocenters. The van der Waals surface area contributed by atoms with Crippen LogP contribution in [-0.2, 0) is 26.0 Å². The predicted molar refractivity (Wildman–Crippen MR) is 74.2 cm³/mol. The van der Waals surface area contributed by atoms with Crippen molar-refractivity contribution in [3.05, 3.63) is 29.3 Å². The average Bonchev–Trinajstić information content (AvgIpc) is 2.33. The van der Waals surface area contributed by atoms with Crippen molar-refractivity contribution >= 4 is 10.1 Å². The molecule has 0 unspecified atom stereocenters. The van der Waals surface area contributed by atoms with Gasteiger partial charge in [0.2, 0.25) is 0 Å². The Morgan fingerprint density at radius 2 is 1.90 bits per heavy atom. The van der Waals surface area contributed by atoms with Gasteiger partial charge in [-0.05, 0) is 50.5 Å². The molecule has 0 spiro atoms. The molecule has 0 bridgehead atoms. The van der Waals surface area contributed by atoms with Crippen molar-refractivity contribution < 1.29 is 22.4 Å². The van der Waals surface area contributed by atoms with E-state index in [9.17, 15) is 8.42 Å². The Morgan fingerprint density at radius 1 is 1.30 bits per heavy atom. The fraction of sp³-hybridized carbons (Fsp3) is 0.571. The van der Waals surface area contributed by atoms with Crippen LogP contribution in [0.25, 0.3) is 0 Å². The lowest BCUT2D eigenvalue weighted by Crippen LogP contribution is -2.40. The van der Waals surface area contributed by atoms with Crippen LogP contribution in [0.3, 0.4) is 0 Å². The van der Waals surface area contributed by atoms with Gasteiger partial charge in [-0.25, -0.2) is 0 Å². The summed E-state index contributed by atoms with van der Waals surface area (Å²) in [6.45, 7) is 6.80. The van der Waals surface area contributed by atoms with Crippen molar-refractivity contribution in [2.24, 2.45) is 5.92 Å². The smallest absolute Gasteiger partial charge is 0.294 e. The van der Waals surface area contributed by atoms with Crippen LogP contribution in [0, 0.1) is 12.8 Å². The van der Waals surface area contributed by atoms with E-state index in [4.69, 9.17) is 14.0 Å². The first-order valence-corrected chi connectivity index (χ1v) is 7.96. The van der Waals surface area contributed by atoms with Gasteiger partial charge in [-0.3, -0.25) is 4.55 Å². The molecule has 112 valence electrons. The maximum Gasteiger partial charge on any atom is 0.294 e. The first kappa shape index (κ1) is 15.4. The van der Waals surface area contributed by atoms with Crippen molar-refractivity contribution in [2.75, 3.05) is 13.2 Å². The molecule has 2 rings (SSSR count). The van der Waals surface area contributed by atoms with Gasteiger partial charge in [0.1, 0.15) is 0 Å². The van der Waals surface area contributed by atoms with Gasteiger partial charge in [-0.15, -0.1) is 0 Å². The molecule has 1 aromatic carbocycles. The SMILES string of the molecule is Cc1ccc(S(=O)(=O)O)cc1CC1COC(C)(C)OC1. The van der Waals surface area contributed by atoms with Gasteiger partial charge in [-0.2, -0.15) is 8.42 Å². The summed E-state index contributed by atoms with van der Waals surface area (Å²) >= 11 is 0. The Bertz CT molecular complexity index is 582. The highest BCUT2D eigenvalue weighted by Gasteiger charge is 2.28. The molecular weight excluding hydrogens is 280 g/mol. The molecule has 0 aromatic heterocycles. The first-order valence-electron chi connectivity index (χ1n) is 6.52. The largest absolute Gasteiger partial charge is 0.350 e. The molecule has 1 aromatic rings. The molecule has 1 fully saturated rings.